The Balaban J connectivity index is 1.89. The molecule has 0 spiro atoms. The fraction of sp³-hybridized carbons (Fsp3) is 0.130. The second-order valence-electron chi connectivity index (χ2n) is 6.47. The predicted molar refractivity (Wildman–Crippen MR) is 118 cm³/mol. The molecule has 156 valence electrons. The number of thiazole rings is 1. The highest BCUT2D eigenvalue weighted by atomic mass is 32.1. The van der Waals surface area contributed by atoms with Crippen molar-refractivity contribution in [3.05, 3.63) is 71.8 Å². The van der Waals surface area contributed by atoms with E-state index in [4.69, 9.17) is 14.2 Å². The molecular formula is C23H19N3O4S. The average molecular weight is 433 g/mol. The molecule has 0 saturated carbocycles. The summed E-state index contributed by atoms with van der Waals surface area (Å²) in [5, 5.41) is 2.73. The predicted octanol–water partition coefficient (Wildman–Crippen LogP) is 4.52. The van der Waals surface area contributed by atoms with E-state index in [-0.39, 0.29) is 5.78 Å². The van der Waals surface area contributed by atoms with Gasteiger partial charge in [0.25, 0.3) is 0 Å². The zero-order chi connectivity index (χ0) is 21.8. The summed E-state index contributed by atoms with van der Waals surface area (Å²) >= 11 is 1.51. The zero-order valence-corrected chi connectivity index (χ0v) is 18.0. The zero-order valence-electron chi connectivity index (χ0n) is 17.2. The van der Waals surface area contributed by atoms with E-state index < -0.39 is 0 Å². The molecular weight excluding hydrogens is 414 g/mol. The Morgan fingerprint density at radius 1 is 0.903 bits per heavy atom. The number of hydrogen-bond donors (Lipinski definition) is 0. The van der Waals surface area contributed by atoms with Crippen molar-refractivity contribution < 1.29 is 19.0 Å². The van der Waals surface area contributed by atoms with Crippen molar-refractivity contribution in [1.82, 2.24) is 15.0 Å². The van der Waals surface area contributed by atoms with Gasteiger partial charge >= 0.3 is 0 Å². The van der Waals surface area contributed by atoms with Gasteiger partial charge in [-0.1, -0.05) is 12.1 Å². The second-order valence-corrected chi connectivity index (χ2v) is 7.36. The van der Waals surface area contributed by atoms with Gasteiger partial charge in [0.2, 0.25) is 5.75 Å². The van der Waals surface area contributed by atoms with Gasteiger partial charge < -0.3 is 14.2 Å². The topological polar surface area (TPSA) is 83.4 Å². The van der Waals surface area contributed by atoms with Crippen molar-refractivity contribution >= 4 is 17.1 Å². The van der Waals surface area contributed by atoms with Gasteiger partial charge in [0, 0.05) is 46.2 Å². The molecule has 2 heterocycles. The van der Waals surface area contributed by atoms with E-state index >= 15 is 0 Å². The largest absolute Gasteiger partial charge is 0.493 e. The van der Waals surface area contributed by atoms with Crippen molar-refractivity contribution in [1.29, 1.82) is 0 Å². The highest BCUT2D eigenvalue weighted by Crippen LogP contribution is 2.39. The Bertz CT molecular complexity index is 1190. The Hall–Kier alpha value is -3.78. The molecule has 4 aromatic rings. The van der Waals surface area contributed by atoms with Crippen LogP contribution in [0.4, 0.5) is 0 Å². The van der Waals surface area contributed by atoms with E-state index in [0.29, 0.717) is 28.4 Å². The Labute approximate surface area is 183 Å². The van der Waals surface area contributed by atoms with Crippen molar-refractivity contribution in [2.75, 3.05) is 21.3 Å². The first-order valence-corrected chi connectivity index (χ1v) is 10.2. The maximum Gasteiger partial charge on any atom is 0.203 e. The Kier molecular flexibility index (Phi) is 5.90. The quantitative estimate of drug-likeness (QED) is 0.396. The van der Waals surface area contributed by atoms with Crippen LogP contribution >= 0.6 is 11.3 Å². The number of carbonyl (C=O) groups excluding carboxylic acids is 1. The van der Waals surface area contributed by atoms with Gasteiger partial charge in [-0.25, -0.2) is 15.0 Å². The van der Waals surface area contributed by atoms with Gasteiger partial charge in [0.05, 0.1) is 21.3 Å². The fourth-order valence-corrected chi connectivity index (χ4v) is 3.92. The molecule has 0 aliphatic rings. The maximum atomic E-state index is 13.7. The third-order valence-electron chi connectivity index (χ3n) is 4.74. The summed E-state index contributed by atoms with van der Waals surface area (Å²) in [6.45, 7) is 0. The molecule has 0 amide bonds. The number of rotatable bonds is 7. The molecule has 2 aromatic heterocycles. The van der Waals surface area contributed by atoms with Crippen LogP contribution in [0.3, 0.4) is 0 Å². The lowest BCUT2D eigenvalue weighted by Crippen LogP contribution is -2.06. The van der Waals surface area contributed by atoms with E-state index in [1.54, 1.807) is 30.7 Å². The van der Waals surface area contributed by atoms with Crippen LogP contribution in [-0.2, 0) is 0 Å². The standard InChI is InChI=1S/C23H19N3O4S/c1-28-19-9-15(10-20(29-2)22(19)30-3)21(27)18-8-14(23-26-6-7-31-23)4-5-17(18)16-11-24-13-25-12-16/h4-13H,1-3H3. The second kappa shape index (κ2) is 8.93. The van der Waals surface area contributed by atoms with Crippen molar-refractivity contribution in [2.45, 2.75) is 0 Å². The summed E-state index contributed by atoms with van der Waals surface area (Å²) in [6.07, 6.45) is 6.54. The minimum atomic E-state index is -0.198. The number of hydrogen-bond acceptors (Lipinski definition) is 8. The molecule has 0 saturated heterocycles. The lowest BCUT2D eigenvalue weighted by atomic mass is 9.93. The lowest BCUT2D eigenvalue weighted by molar-refractivity contribution is 0.103. The van der Waals surface area contributed by atoms with Crippen molar-refractivity contribution in [3.8, 4) is 38.9 Å². The number of ether oxygens (including phenoxy) is 3. The molecule has 4 rings (SSSR count). The number of aromatic nitrogens is 3. The van der Waals surface area contributed by atoms with Crippen LogP contribution in [0.2, 0.25) is 0 Å². The molecule has 0 bridgehead atoms. The summed E-state index contributed by atoms with van der Waals surface area (Å²) in [4.78, 5) is 26.2. The number of methoxy groups -OCH3 is 3. The third-order valence-corrected chi connectivity index (χ3v) is 5.56. The number of nitrogens with zero attached hydrogens (tertiary/aromatic N) is 3. The smallest absolute Gasteiger partial charge is 0.203 e. The lowest BCUT2D eigenvalue weighted by Gasteiger charge is -2.15. The first kappa shape index (κ1) is 20.5. The molecule has 0 atom stereocenters. The summed E-state index contributed by atoms with van der Waals surface area (Å²) in [5.41, 5.74) is 3.22. The van der Waals surface area contributed by atoms with Crippen LogP contribution in [0, 0.1) is 0 Å². The molecule has 0 aliphatic carbocycles. The molecule has 2 aromatic carbocycles. The van der Waals surface area contributed by atoms with Crippen molar-refractivity contribution in [3.63, 3.8) is 0 Å². The summed E-state index contributed by atoms with van der Waals surface area (Å²) in [7, 11) is 4.55. The van der Waals surface area contributed by atoms with Crippen LogP contribution in [0.5, 0.6) is 17.2 Å². The fourth-order valence-electron chi connectivity index (χ4n) is 3.29. The first-order chi connectivity index (χ1) is 15.2. The molecule has 31 heavy (non-hydrogen) atoms. The Morgan fingerprint density at radius 3 is 2.19 bits per heavy atom. The average Bonchev–Trinajstić information content (AvgIpc) is 3.38. The molecule has 0 fully saturated rings. The van der Waals surface area contributed by atoms with E-state index in [1.807, 2.05) is 23.6 Å². The minimum absolute atomic E-state index is 0.198. The van der Waals surface area contributed by atoms with Crippen LogP contribution < -0.4 is 14.2 Å². The molecule has 0 unspecified atom stereocenters. The van der Waals surface area contributed by atoms with Gasteiger partial charge in [-0.15, -0.1) is 11.3 Å². The number of ketones is 1. The molecule has 8 heteroatoms. The molecule has 0 radical (unpaired) electrons. The first-order valence-electron chi connectivity index (χ1n) is 9.30. The minimum Gasteiger partial charge on any atom is -0.493 e. The van der Waals surface area contributed by atoms with Gasteiger partial charge in [-0.2, -0.15) is 0 Å². The van der Waals surface area contributed by atoms with Crippen LogP contribution in [0.25, 0.3) is 21.7 Å². The van der Waals surface area contributed by atoms with Crippen LogP contribution in [0.15, 0.2) is 60.6 Å². The number of carbonyl (C=O) groups is 1. The monoisotopic (exact) mass is 433 g/mol. The summed E-state index contributed by atoms with van der Waals surface area (Å²) < 4.78 is 16.2. The molecule has 7 nitrogen and oxygen atoms in total. The number of benzene rings is 2. The van der Waals surface area contributed by atoms with Crippen LogP contribution in [-0.4, -0.2) is 42.1 Å². The third kappa shape index (κ3) is 3.97. The van der Waals surface area contributed by atoms with E-state index in [9.17, 15) is 4.79 Å². The van der Waals surface area contributed by atoms with Gasteiger partial charge in [-0.3, -0.25) is 4.79 Å². The molecule has 0 N–H and O–H groups in total. The summed E-state index contributed by atoms with van der Waals surface area (Å²) in [6, 6.07) is 8.95. The van der Waals surface area contributed by atoms with E-state index in [1.165, 1.54) is 39.0 Å². The highest BCUT2D eigenvalue weighted by Gasteiger charge is 2.21. The normalized spacial score (nSPS) is 10.5. The van der Waals surface area contributed by atoms with Gasteiger partial charge in [0.1, 0.15) is 11.3 Å². The van der Waals surface area contributed by atoms with Crippen molar-refractivity contribution in [2.24, 2.45) is 0 Å². The van der Waals surface area contributed by atoms with E-state index in [0.717, 1.165) is 21.7 Å². The highest BCUT2D eigenvalue weighted by molar-refractivity contribution is 7.13. The van der Waals surface area contributed by atoms with Gasteiger partial charge in [-0.05, 0) is 23.8 Å². The van der Waals surface area contributed by atoms with Crippen LogP contribution in [0.1, 0.15) is 15.9 Å². The summed E-state index contributed by atoms with van der Waals surface area (Å²) in [5.74, 6) is 1.04. The SMILES string of the molecule is COc1cc(C(=O)c2cc(-c3nccs3)ccc2-c2cncnc2)cc(OC)c1OC. The van der Waals surface area contributed by atoms with E-state index in [2.05, 4.69) is 15.0 Å². The van der Waals surface area contributed by atoms with Gasteiger partial charge in [0.15, 0.2) is 17.3 Å². The maximum absolute atomic E-state index is 13.7. The Morgan fingerprint density at radius 2 is 1.61 bits per heavy atom. The molecule has 0 aliphatic heterocycles.